The van der Waals surface area contributed by atoms with Crippen LogP contribution in [-0.2, 0) is 9.59 Å². The second-order valence-electron chi connectivity index (χ2n) is 4.74. The van der Waals surface area contributed by atoms with E-state index in [-0.39, 0.29) is 6.04 Å². The predicted octanol–water partition coefficient (Wildman–Crippen LogP) is 3.23. The number of benzene rings is 1. The molecule has 0 saturated carbocycles. The van der Waals surface area contributed by atoms with Crippen molar-refractivity contribution >= 4 is 11.9 Å². The highest BCUT2D eigenvalue weighted by Gasteiger charge is 2.11. The van der Waals surface area contributed by atoms with E-state index in [4.69, 9.17) is 20.4 Å². The Balaban J connectivity index is 0.000000307. The molecule has 1 atom stereocenters. The van der Waals surface area contributed by atoms with Gasteiger partial charge in [-0.1, -0.05) is 30.3 Å². The van der Waals surface area contributed by atoms with Crippen LogP contribution in [0.25, 0.3) is 11.1 Å². The van der Waals surface area contributed by atoms with E-state index in [1.165, 1.54) is 0 Å². The maximum absolute atomic E-state index is 9.55. The second kappa shape index (κ2) is 9.81. The molecule has 2 rings (SSSR count). The molecule has 126 valence electrons. The zero-order valence-corrected chi connectivity index (χ0v) is 13.0. The van der Waals surface area contributed by atoms with Crippen LogP contribution < -0.4 is 5.73 Å². The topological polar surface area (TPSA) is 114 Å². The Kier molecular flexibility index (Phi) is 7.73. The number of hydrogen-bond donors (Lipinski definition) is 3. The lowest BCUT2D eigenvalue weighted by molar-refractivity contribution is -0.134. The van der Waals surface area contributed by atoms with E-state index in [0.29, 0.717) is 12.2 Å². The van der Waals surface area contributed by atoms with Crippen LogP contribution in [0.15, 0.2) is 72.1 Å². The molecule has 6 nitrogen and oxygen atoms in total. The van der Waals surface area contributed by atoms with Gasteiger partial charge in [0, 0.05) is 23.8 Å². The summed E-state index contributed by atoms with van der Waals surface area (Å²) in [7, 11) is 0. The van der Waals surface area contributed by atoms with Crippen molar-refractivity contribution in [3.8, 4) is 11.1 Å². The van der Waals surface area contributed by atoms with Crippen molar-refractivity contribution in [2.24, 2.45) is 5.73 Å². The Labute approximate surface area is 139 Å². The van der Waals surface area contributed by atoms with Gasteiger partial charge in [0.15, 0.2) is 0 Å². The zero-order valence-electron chi connectivity index (χ0n) is 13.0. The summed E-state index contributed by atoms with van der Waals surface area (Å²) in [5.41, 5.74) is 9.43. The molecule has 0 saturated heterocycles. The quantitative estimate of drug-likeness (QED) is 0.554. The van der Waals surface area contributed by atoms with E-state index in [1.54, 1.807) is 12.5 Å². The van der Waals surface area contributed by atoms with E-state index in [2.05, 4.69) is 18.7 Å². The summed E-state index contributed by atoms with van der Waals surface area (Å²) in [6.07, 6.45) is 7.14. The average Bonchev–Trinajstić information content (AvgIpc) is 3.08. The molecule has 0 fully saturated rings. The minimum Gasteiger partial charge on any atom is -0.478 e. The first-order chi connectivity index (χ1) is 11.5. The number of nitrogens with two attached hydrogens (primary N) is 1. The first-order valence-corrected chi connectivity index (χ1v) is 7.07. The standard InChI is InChI=1S/C14H15NO.C4H4O4/c1-2-5-14(15)13-7-4-3-6-12(13)11-8-9-16-10-11;5-3(6)1-2-4(7)8/h2-4,6-10,14H,1,5,15H2;1-2H,(H,5,6)(H,7,8)/b;2-1+. The number of carboxylic acids is 2. The Morgan fingerprint density at radius 3 is 2.29 bits per heavy atom. The van der Waals surface area contributed by atoms with E-state index in [9.17, 15) is 9.59 Å². The molecule has 1 aromatic carbocycles. The first kappa shape index (κ1) is 18.9. The highest BCUT2D eigenvalue weighted by atomic mass is 16.4. The Morgan fingerprint density at radius 1 is 1.17 bits per heavy atom. The van der Waals surface area contributed by atoms with Gasteiger partial charge in [-0.2, -0.15) is 0 Å². The largest absolute Gasteiger partial charge is 0.478 e. The van der Waals surface area contributed by atoms with Gasteiger partial charge in [-0.3, -0.25) is 0 Å². The summed E-state index contributed by atoms with van der Waals surface area (Å²) in [5.74, 6) is -2.51. The van der Waals surface area contributed by atoms with E-state index in [1.807, 2.05) is 24.3 Å². The molecular weight excluding hydrogens is 310 g/mol. The van der Waals surface area contributed by atoms with E-state index >= 15 is 0 Å². The van der Waals surface area contributed by atoms with Gasteiger partial charge in [-0.25, -0.2) is 9.59 Å². The molecule has 6 heteroatoms. The maximum atomic E-state index is 9.55. The lowest BCUT2D eigenvalue weighted by atomic mass is 9.95. The molecule has 0 bridgehead atoms. The summed E-state index contributed by atoms with van der Waals surface area (Å²) in [5, 5.41) is 15.6. The van der Waals surface area contributed by atoms with Crippen molar-refractivity contribution in [1.29, 1.82) is 0 Å². The van der Waals surface area contributed by atoms with Crippen LogP contribution in [0.3, 0.4) is 0 Å². The van der Waals surface area contributed by atoms with Crippen LogP contribution in [0.5, 0.6) is 0 Å². The average molecular weight is 329 g/mol. The number of hydrogen-bond acceptors (Lipinski definition) is 4. The lowest BCUT2D eigenvalue weighted by Gasteiger charge is -2.13. The van der Waals surface area contributed by atoms with Crippen molar-refractivity contribution in [3.63, 3.8) is 0 Å². The SMILES string of the molecule is C=CCC(N)c1ccccc1-c1ccoc1.O=C(O)/C=C/C(=O)O. The van der Waals surface area contributed by atoms with Crippen LogP contribution in [-0.4, -0.2) is 22.2 Å². The summed E-state index contributed by atoms with van der Waals surface area (Å²) in [6, 6.07) is 10.1. The fraction of sp³-hybridized carbons (Fsp3) is 0.111. The lowest BCUT2D eigenvalue weighted by Crippen LogP contribution is -2.10. The molecule has 1 heterocycles. The van der Waals surface area contributed by atoms with Crippen molar-refractivity contribution < 1.29 is 24.2 Å². The normalized spacial score (nSPS) is 11.4. The number of aliphatic carboxylic acids is 2. The van der Waals surface area contributed by atoms with Crippen molar-refractivity contribution in [2.75, 3.05) is 0 Å². The molecule has 4 N–H and O–H groups in total. The molecule has 0 aliphatic heterocycles. The monoisotopic (exact) mass is 329 g/mol. The third kappa shape index (κ3) is 6.33. The minimum absolute atomic E-state index is 0.0106. The molecule has 0 aliphatic carbocycles. The van der Waals surface area contributed by atoms with E-state index in [0.717, 1.165) is 23.1 Å². The summed E-state index contributed by atoms with van der Waals surface area (Å²) >= 11 is 0. The molecule has 1 unspecified atom stereocenters. The smallest absolute Gasteiger partial charge is 0.328 e. The molecule has 0 spiro atoms. The first-order valence-electron chi connectivity index (χ1n) is 7.07. The van der Waals surface area contributed by atoms with Gasteiger partial charge in [-0.15, -0.1) is 6.58 Å². The Hall–Kier alpha value is -3.12. The predicted molar refractivity (Wildman–Crippen MR) is 90.3 cm³/mol. The van der Waals surface area contributed by atoms with Gasteiger partial charge in [0.05, 0.1) is 12.5 Å². The van der Waals surface area contributed by atoms with Gasteiger partial charge >= 0.3 is 11.9 Å². The number of carbonyl (C=O) groups is 2. The van der Waals surface area contributed by atoms with Gasteiger partial charge in [0.1, 0.15) is 0 Å². The van der Waals surface area contributed by atoms with Gasteiger partial charge in [0.25, 0.3) is 0 Å². The van der Waals surface area contributed by atoms with Crippen LogP contribution in [0, 0.1) is 0 Å². The second-order valence-corrected chi connectivity index (χ2v) is 4.74. The highest BCUT2D eigenvalue weighted by Crippen LogP contribution is 2.28. The molecule has 2 aromatic rings. The fourth-order valence-electron chi connectivity index (χ4n) is 1.95. The third-order valence-corrected chi connectivity index (χ3v) is 2.98. The van der Waals surface area contributed by atoms with Crippen LogP contribution >= 0.6 is 0 Å². The van der Waals surface area contributed by atoms with Crippen molar-refractivity contribution in [3.05, 3.63) is 73.2 Å². The molecule has 24 heavy (non-hydrogen) atoms. The summed E-state index contributed by atoms with van der Waals surface area (Å²) in [6.45, 7) is 3.72. The van der Waals surface area contributed by atoms with E-state index < -0.39 is 11.9 Å². The summed E-state index contributed by atoms with van der Waals surface area (Å²) < 4.78 is 5.10. The molecule has 0 aliphatic rings. The zero-order chi connectivity index (χ0) is 17.9. The Bertz CT molecular complexity index is 688. The molecule has 0 radical (unpaired) electrons. The van der Waals surface area contributed by atoms with Gasteiger partial charge in [-0.05, 0) is 23.6 Å². The Morgan fingerprint density at radius 2 is 1.79 bits per heavy atom. The van der Waals surface area contributed by atoms with Crippen LogP contribution in [0.2, 0.25) is 0 Å². The third-order valence-electron chi connectivity index (χ3n) is 2.98. The molecule has 0 amide bonds. The number of rotatable bonds is 6. The van der Waals surface area contributed by atoms with Crippen LogP contribution in [0.4, 0.5) is 0 Å². The van der Waals surface area contributed by atoms with Crippen LogP contribution in [0.1, 0.15) is 18.0 Å². The highest BCUT2D eigenvalue weighted by molar-refractivity contribution is 5.89. The number of furan rings is 1. The maximum Gasteiger partial charge on any atom is 0.328 e. The molecular formula is C18H19NO5. The fourth-order valence-corrected chi connectivity index (χ4v) is 1.95. The van der Waals surface area contributed by atoms with Crippen molar-refractivity contribution in [2.45, 2.75) is 12.5 Å². The summed E-state index contributed by atoms with van der Waals surface area (Å²) in [4.78, 5) is 19.1. The molecule has 1 aromatic heterocycles. The minimum atomic E-state index is -1.26. The van der Waals surface area contributed by atoms with Gasteiger partial charge in [0.2, 0.25) is 0 Å². The number of carboxylic acid groups (broad SMARTS) is 2. The van der Waals surface area contributed by atoms with Gasteiger partial charge < -0.3 is 20.4 Å². The van der Waals surface area contributed by atoms with Crippen molar-refractivity contribution in [1.82, 2.24) is 0 Å².